The third kappa shape index (κ3) is 3.19. The third-order valence-electron chi connectivity index (χ3n) is 4.99. The second-order valence-electron chi connectivity index (χ2n) is 7.82. The first kappa shape index (κ1) is 17.0. The SMILES string of the molecule is CC1(C)CC(=O)c2c([nH]c(-c3ccncc3)c2Cc2cccc(Cl)c2)C1. The summed E-state index contributed by atoms with van der Waals surface area (Å²) in [6.07, 6.45) is 5.70. The summed E-state index contributed by atoms with van der Waals surface area (Å²) < 4.78 is 0. The fourth-order valence-corrected chi connectivity index (χ4v) is 4.13. The molecule has 0 saturated heterocycles. The average molecular weight is 365 g/mol. The molecule has 1 N–H and O–H groups in total. The highest BCUT2D eigenvalue weighted by Gasteiger charge is 2.35. The molecule has 0 spiro atoms. The lowest BCUT2D eigenvalue weighted by Gasteiger charge is -2.28. The molecule has 0 amide bonds. The van der Waals surface area contributed by atoms with E-state index in [4.69, 9.17) is 11.6 Å². The van der Waals surface area contributed by atoms with Crippen LogP contribution in [-0.4, -0.2) is 15.8 Å². The van der Waals surface area contributed by atoms with Crippen molar-refractivity contribution in [2.24, 2.45) is 5.41 Å². The molecule has 2 heterocycles. The number of aromatic amines is 1. The van der Waals surface area contributed by atoms with Crippen LogP contribution < -0.4 is 0 Å². The Bertz CT molecular complexity index is 973. The highest BCUT2D eigenvalue weighted by Crippen LogP contribution is 2.40. The number of halogens is 1. The lowest BCUT2D eigenvalue weighted by molar-refractivity contribution is 0.0911. The van der Waals surface area contributed by atoms with Gasteiger partial charge in [-0.15, -0.1) is 0 Å². The van der Waals surface area contributed by atoms with Crippen molar-refractivity contribution in [1.29, 1.82) is 0 Å². The minimum Gasteiger partial charge on any atom is -0.358 e. The van der Waals surface area contributed by atoms with E-state index in [1.165, 1.54) is 0 Å². The van der Waals surface area contributed by atoms with Crippen LogP contribution in [0, 0.1) is 5.41 Å². The molecule has 132 valence electrons. The van der Waals surface area contributed by atoms with Gasteiger partial charge in [0, 0.05) is 47.1 Å². The van der Waals surface area contributed by atoms with E-state index in [0.29, 0.717) is 17.9 Å². The van der Waals surface area contributed by atoms with Gasteiger partial charge in [0.15, 0.2) is 5.78 Å². The Hall–Kier alpha value is -2.39. The summed E-state index contributed by atoms with van der Waals surface area (Å²) >= 11 is 6.17. The summed E-state index contributed by atoms with van der Waals surface area (Å²) in [5, 5.41) is 0.713. The summed E-state index contributed by atoms with van der Waals surface area (Å²) in [7, 11) is 0. The first-order valence-corrected chi connectivity index (χ1v) is 9.22. The van der Waals surface area contributed by atoms with Crippen molar-refractivity contribution in [1.82, 2.24) is 9.97 Å². The standard InChI is InChI=1S/C22H21ClN2O/c1-22(2)12-18-20(19(26)13-22)17(11-14-4-3-5-16(23)10-14)21(25-18)15-6-8-24-9-7-15/h3-10,25H,11-13H2,1-2H3. The number of H-pyrrole nitrogens is 1. The summed E-state index contributed by atoms with van der Waals surface area (Å²) in [6, 6.07) is 11.8. The molecule has 0 unspecified atom stereocenters. The van der Waals surface area contributed by atoms with E-state index in [1.54, 1.807) is 12.4 Å². The summed E-state index contributed by atoms with van der Waals surface area (Å²) in [4.78, 5) is 20.6. The number of hydrogen-bond acceptors (Lipinski definition) is 2. The molecular weight excluding hydrogens is 344 g/mol. The molecule has 3 nitrogen and oxygen atoms in total. The lowest BCUT2D eigenvalue weighted by Crippen LogP contribution is -2.27. The van der Waals surface area contributed by atoms with Gasteiger partial charge >= 0.3 is 0 Å². The van der Waals surface area contributed by atoms with Crippen LogP contribution in [0.2, 0.25) is 5.02 Å². The van der Waals surface area contributed by atoms with Gasteiger partial charge in [0.1, 0.15) is 0 Å². The van der Waals surface area contributed by atoms with E-state index in [-0.39, 0.29) is 11.2 Å². The van der Waals surface area contributed by atoms with Gasteiger partial charge in [-0.25, -0.2) is 0 Å². The van der Waals surface area contributed by atoms with Gasteiger partial charge in [-0.1, -0.05) is 37.6 Å². The summed E-state index contributed by atoms with van der Waals surface area (Å²) in [6.45, 7) is 4.30. The number of aromatic nitrogens is 2. The average Bonchev–Trinajstić information content (AvgIpc) is 2.93. The fourth-order valence-electron chi connectivity index (χ4n) is 3.92. The Morgan fingerprint density at radius 3 is 2.65 bits per heavy atom. The summed E-state index contributed by atoms with van der Waals surface area (Å²) in [5.41, 5.74) is 6.14. The predicted molar refractivity (Wildman–Crippen MR) is 105 cm³/mol. The molecule has 0 saturated carbocycles. The third-order valence-corrected chi connectivity index (χ3v) is 5.23. The van der Waals surface area contributed by atoms with Crippen molar-refractivity contribution >= 4 is 17.4 Å². The number of fused-ring (bicyclic) bond motifs is 1. The number of nitrogens with zero attached hydrogens (tertiary/aromatic N) is 1. The Kier molecular flexibility index (Phi) is 4.20. The molecule has 3 aromatic rings. The Morgan fingerprint density at radius 1 is 1.15 bits per heavy atom. The number of carbonyl (C=O) groups is 1. The molecule has 0 atom stereocenters. The Morgan fingerprint density at radius 2 is 1.92 bits per heavy atom. The topological polar surface area (TPSA) is 45.8 Å². The highest BCUT2D eigenvalue weighted by atomic mass is 35.5. The lowest BCUT2D eigenvalue weighted by atomic mass is 9.75. The van der Waals surface area contributed by atoms with Gasteiger partial charge in [0.2, 0.25) is 0 Å². The molecular formula is C22H21ClN2O. The molecule has 0 radical (unpaired) electrons. The van der Waals surface area contributed by atoms with Crippen LogP contribution in [0.5, 0.6) is 0 Å². The number of carbonyl (C=O) groups excluding carboxylic acids is 1. The van der Waals surface area contributed by atoms with E-state index in [9.17, 15) is 4.79 Å². The van der Waals surface area contributed by atoms with Crippen molar-refractivity contribution in [3.8, 4) is 11.3 Å². The van der Waals surface area contributed by atoms with Crippen molar-refractivity contribution in [3.63, 3.8) is 0 Å². The maximum absolute atomic E-state index is 13.0. The number of nitrogens with one attached hydrogen (secondary N) is 1. The van der Waals surface area contributed by atoms with Gasteiger partial charge in [-0.3, -0.25) is 9.78 Å². The molecule has 2 aromatic heterocycles. The van der Waals surface area contributed by atoms with E-state index < -0.39 is 0 Å². The molecule has 1 aliphatic carbocycles. The molecule has 0 bridgehead atoms. The predicted octanol–water partition coefficient (Wildman–Crippen LogP) is 5.48. The quantitative estimate of drug-likeness (QED) is 0.669. The molecule has 0 aliphatic heterocycles. The zero-order valence-electron chi connectivity index (χ0n) is 15.0. The van der Waals surface area contributed by atoms with Gasteiger partial charge in [-0.2, -0.15) is 0 Å². The molecule has 4 heteroatoms. The number of benzene rings is 1. The van der Waals surface area contributed by atoms with Crippen LogP contribution in [0.25, 0.3) is 11.3 Å². The smallest absolute Gasteiger partial charge is 0.165 e. The maximum Gasteiger partial charge on any atom is 0.165 e. The summed E-state index contributed by atoms with van der Waals surface area (Å²) in [5.74, 6) is 0.227. The normalized spacial score (nSPS) is 15.7. The maximum atomic E-state index is 13.0. The van der Waals surface area contributed by atoms with Crippen molar-refractivity contribution in [2.75, 3.05) is 0 Å². The van der Waals surface area contributed by atoms with Crippen LogP contribution in [0.1, 0.15) is 47.4 Å². The van der Waals surface area contributed by atoms with Gasteiger partial charge < -0.3 is 4.98 Å². The Labute approximate surface area is 158 Å². The van der Waals surface area contributed by atoms with Crippen LogP contribution in [0.3, 0.4) is 0 Å². The minimum atomic E-state index is -0.0161. The monoisotopic (exact) mass is 364 g/mol. The van der Waals surface area contributed by atoms with E-state index in [2.05, 4.69) is 29.9 Å². The zero-order chi connectivity index (χ0) is 18.3. The highest BCUT2D eigenvalue weighted by molar-refractivity contribution is 6.30. The molecule has 1 aliphatic rings. The van der Waals surface area contributed by atoms with E-state index in [0.717, 1.165) is 40.1 Å². The second-order valence-corrected chi connectivity index (χ2v) is 8.25. The number of Topliss-reactive ketones (excluding diaryl/α,β-unsaturated/α-hetero) is 1. The number of ketones is 1. The first-order valence-electron chi connectivity index (χ1n) is 8.85. The molecule has 1 aromatic carbocycles. The van der Waals surface area contributed by atoms with Crippen LogP contribution in [0.15, 0.2) is 48.8 Å². The second kappa shape index (κ2) is 6.40. The number of pyridine rings is 1. The Balaban J connectivity index is 1.88. The van der Waals surface area contributed by atoms with Gasteiger partial charge in [-0.05, 0) is 47.2 Å². The zero-order valence-corrected chi connectivity index (χ0v) is 15.7. The van der Waals surface area contributed by atoms with E-state index in [1.807, 2.05) is 30.3 Å². The van der Waals surface area contributed by atoms with Crippen molar-refractivity contribution in [3.05, 3.63) is 76.2 Å². The molecule has 4 rings (SSSR count). The van der Waals surface area contributed by atoms with Gasteiger partial charge in [0.05, 0.1) is 5.69 Å². The van der Waals surface area contributed by atoms with E-state index >= 15 is 0 Å². The van der Waals surface area contributed by atoms with Crippen LogP contribution in [0.4, 0.5) is 0 Å². The fraction of sp³-hybridized carbons (Fsp3) is 0.273. The molecule has 26 heavy (non-hydrogen) atoms. The number of hydrogen-bond donors (Lipinski definition) is 1. The molecule has 0 fully saturated rings. The number of rotatable bonds is 3. The van der Waals surface area contributed by atoms with Crippen molar-refractivity contribution in [2.45, 2.75) is 33.1 Å². The largest absolute Gasteiger partial charge is 0.358 e. The van der Waals surface area contributed by atoms with Crippen molar-refractivity contribution < 1.29 is 4.79 Å². The van der Waals surface area contributed by atoms with Crippen LogP contribution in [-0.2, 0) is 12.8 Å². The minimum absolute atomic E-state index is 0.0161. The first-order chi connectivity index (χ1) is 12.4. The van der Waals surface area contributed by atoms with Crippen LogP contribution >= 0.6 is 11.6 Å². The van der Waals surface area contributed by atoms with Gasteiger partial charge in [0.25, 0.3) is 0 Å².